The van der Waals surface area contributed by atoms with Crippen LogP contribution in [0.2, 0.25) is 0 Å². The highest BCUT2D eigenvalue weighted by atomic mass is 16.5. The average Bonchev–Trinajstić information content (AvgIpc) is 2.68. The highest BCUT2D eigenvalue weighted by Crippen LogP contribution is 2.36. The molecule has 1 rings (SSSR count). The van der Waals surface area contributed by atoms with Gasteiger partial charge < -0.3 is 14.6 Å². The molecule has 1 aliphatic carbocycles. The molecule has 0 aromatic heterocycles. The van der Waals surface area contributed by atoms with Gasteiger partial charge in [-0.25, -0.2) is 0 Å². The van der Waals surface area contributed by atoms with E-state index in [0.717, 1.165) is 38.7 Å². The molecular weight excluding hydrogens is 192 g/mol. The fraction of sp³-hybridized carbons (Fsp3) is 1.00. The summed E-state index contributed by atoms with van der Waals surface area (Å²) in [5, 5.41) is 10.1. The van der Waals surface area contributed by atoms with Gasteiger partial charge in [-0.3, -0.25) is 0 Å². The predicted octanol–water partition coefficient (Wildman–Crippen LogP) is 2.12. The Morgan fingerprint density at radius 3 is 2.47 bits per heavy atom. The Kier molecular flexibility index (Phi) is 5.58. The lowest BCUT2D eigenvalue weighted by Crippen LogP contribution is -2.45. The summed E-state index contributed by atoms with van der Waals surface area (Å²) < 4.78 is 11.2. The zero-order valence-electron chi connectivity index (χ0n) is 10.00. The van der Waals surface area contributed by atoms with Gasteiger partial charge in [-0.05, 0) is 26.2 Å². The number of hydrogen-bond acceptors (Lipinski definition) is 3. The fourth-order valence-electron chi connectivity index (χ4n) is 2.33. The summed E-state index contributed by atoms with van der Waals surface area (Å²) in [6.07, 6.45) is 4.78. The minimum absolute atomic E-state index is 0.317. The van der Waals surface area contributed by atoms with E-state index >= 15 is 0 Å². The highest BCUT2D eigenvalue weighted by Gasteiger charge is 2.41. The van der Waals surface area contributed by atoms with Gasteiger partial charge in [0.15, 0.2) is 0 Å². The topological polar surface area (TPSA) is 38.7 Å². The zero-order valence-corrected chi connectivity index (χ0v) is 10.00. The Balaban J connectivity index is 2.40. The van der Waals surface area contributed by atoms with Crippen molar-refractivity contribution < 1.29 is 14.6 Å². The van der Waals surface area contributed by atoms with Gasteiger partial charge in [0.2, 0.25) is 0 Å². The maximum atomic E-state index is 10.1. The van der Waals surface area contributed by atoms with E-state index < -0.39 is 6.10 Å². The van der Waals surface area contributed by atoms with Crippen molar-refractivity contribution in [2.45, 2.75) is 57.7 Å². The third-order valence-electron chi connectivity index (χ3n) is 3.11. The summed E-state index contributed by atoms with van der Waals surface area (Å²) in [5.41, 5.74) is -0.317. The van der Waals surface area contributed by atoms with E-state index in [9.17, 15) is 5.11 Å². The van der Waals surface area contributed by atoms with E-state index in [2.05, 4.69) is 6.92 Å². The fourth-order valence-corrected chi connectivity index (χ4v) is 2.33. The van der Waals surface area contributed by atoms with Crippen LogP contribution in [-0.4, -0.2) is 36.6 Å². The molecule has 90 valence electrons. The van der Waals surface area contributed by atoms with Gasteiger partial charge in [-0.2, -0.15) is 0 Å². The van der Waals surface area contributed by atoms with Crippen molar-refractivity contribution in [3.05, 3.63) is 0 Å². The molecule has 0 aromatic carbocycles. The molecule has 3 nitrogen and oxygen atoms in total. The quantitative estimate of drug-likeness (QED) is 0.662. The molecule has 0 radical (unpaired) electrons. The zero-order chi connectivity index (χ0) is 11.1. The van der Waals surface area contributed by atoms with E-state index in [-0.39, 0.29) is 5.60 Å². The SMILES string of the molecule is CCCOCC(O)C1(OCC)CCCC1. The molecule has 3 heteroatoms. The van der Waals surface area contributed by atoms with Gasteiger partial charge in [0.25, 0.3) is 0 Å². The normalized spacial score (nSPS) is 21.8. The van der Waals surface area contributed by atoms with E-state index in [1.54, 1.807) is 0 Å². The molecule has 0 bridgehead atoms. The van der Waals surface area contributed by atoms with Crippen molar-refractivity contribution in [3.63, 3.8) is 0 Å². The molecule has 1 aliphatic rings. The van der Waals surface area contributed by atoms with Gasteiger partial charge in [0.05, 0.1) is 12.2 Å². The molecule has 0 aromatic rings. The van der Waals surface area contributed by atoms with Crippen molar-refractivity contribution in [2.24, 2.45) is 0 Å². The van der Waals surface area contributed by atoms with Crippen molar-refractivity contribution in [1.29, 1.82) is 0 Å². The maximum Gasteiger partial charge on any atom is 0.106 e. The third kappa shape index (κ3) is 3.44. The van der Waals surface area contributed by atoms with Crippen molar-refractivity contribution in [2.75, 3.05) is 19.8 Å². The number of hydrogen-bond donors (Lipinski definition) is 1. The van der Waals surface area contributed by atoms with E-state index in [1.165, 1.54) is 0 Å². The van der Waals surface area contributed by atoms with E-state index in [4.69, 9.17) is 9.47 Å². The van der Waals surface area contributed by atoms with Gasteiger partial charge in [0.1, 0.15) is 6.10 Å². The summed E-state index contributed by atoms with van der Waals surface area (Å²) in [6, 6.07) is 0. The van der Waals surface area contributed by atoms with Crippen LogP contribution in [0.25, 0.3) is 0 Å². The van der Waals surface area contributed by atoms with Crippen LogP contribution in [0.4, 0.5) is 0 Å². The van der Waals surface area contributed by atoms with Crippen LogP contribution in [0, 0.1) is 0 Å². The summed E-state index contributed by atoms with van der Waals surface area (Å²) in [6.45, 7) is 5.86. The lowest BCUT2D eigenvalue weighted by atomic mass is 9.95. The Bertz CT molecular complexity index is 164. The number of aliphatic hydroxyl groups is 1. The first-order valence-corrected chi connectivity index (χ1v) is 6.15. The number of aliphatic hydroxyl groups excluding tert-OH is 1. The summed E-state index contributed by atoms with van der Waals surface area (Å²) in [4.78, 5) is 0. The van der Waals surface area contributed by atoms with Crippen molar-refractivity contribution >= 4 is 0 Å². The molecule has 0 spiro atoms. The molecule has 0 saturated heterocycles. The first-order chi connectivity index (χ1) is 7.25. The molecule has 15 heavy (non-hydrogen) atoms. The van der Waals surface area contributed by atoms with Crippen LogP contribution < -0.4 is 0 Å². The molecular formula is C12H24O3. The summed E-state index contributed by atoms with van der Waals surface area (Å²) >= 11 is 0. The lowest BCUT2D eigenvalue weighted by molar-refractivity contribution is -0.137. The Morgan fingerprint density at radius 1 is 1.27 bits per heavy atom. The van der Waals surface area contributed by atoms with Crippen LogP contribution in [0.3, 0.4) is 0 Å². The highest BCUT2D eigenvalue weighted by molar-refractivity contribution is 4.92. The van der Waals surface area contributed by atoms with Gasteiger partial charge in [-0.15, -0.1) is 0 Å². The first kappa shape index (κ1) is 12.9. The average molecular weight is 216 g/mol. The monoisotopic (exact) mass is 216 g/mol. The minimum Gasteiger partial charge on any atom is -0.388 e. The maximum absolute atomic E-state index is 10.1. The second-order valence-electron chi connectivity index (χ2n) is 4.30. The smallest absolute Gasteiger partial charge is 0.106 e. The van der Waals surface area contributed by atoms with Crippen LogP contribution in [0.1, 0.15) is 46.0 Å². The number of ether oxygens (including phenoxy) is 2. The van der Waals surface area contributed by atoms with Crippen molar-refractivity contribution in [3.8, 4) is 0 Å². The van der Waals surface area contributed by atoms with Gasteiger partial charge >= 0.3 is 0 Å². The van der Waals surface area contributed by atoms with Gasteiger partial charge in [0, 0.05) is 13.2 Å². The molecule has 1 N–H and O–H groups in total. The largest absolute Gasteiger partial charge is 0.388 e. The molecule has 1 unspecified atom stereocenters. The molecule has 0 heterocycles. The van der Waals surface area contributed by atoms with Crippen LogP contribution in [0.5, 0.6) is 0 Å². The summed E-state index contributed by atoms with van der Waals surface area (Å²) in [7, 11) is 0. The van der Waals surface area contributed by atoms with E-state index in [1.807, 2.05) is 6.92 Å². The van der Waals surface area contributed by atoms with Crippen LogP contribution in [0.15, 0.2) is 0 Å². The van der Waals surface area contributed by atoms with Gasteiger partial charge in [-0.1, -0.05) is 19.8 Å². The summed E-state index contributed by atoms with van der Waals surface area (Å²) in [5.74, 6) is 0. The predicted molar refractivity (Wildman–Crippen MR) is 59.9 cm³/mol. The lowest BCUT2D eigenvalue weighted by Gasteiger charge is -2.33. The Labute approximate surface area is 92.8 Å². The second kappa shape index (κ2) is 6.46. The third-order valence-corrected chi connectivity index (χ3v) is 3.11. The molecule has 1 atom stereocenters. The molecule has 1 saturated carbocycles. The first-order valence-electron chi connectivity index (χ1n) is 6.15. The van der Waals surface area contributed by atoms with Crippen LogP contribution in [-0.2, 0) is 9.47 Å². The second-order valence-corrected chi connectivity index (χ2v) is 4.30. The standard InChI is InChI=1S/C12H24O3/c1-3-9-14-10-11(13)12(15-4-2)7-5-6-8-12/h11,13H,3-10H2,1-2H3. The molecule has 0 aliphatic heterocycles. The number of rotatable bonds is 7. The van der Waals surface area contributed by atoms with Crippen molar-refractivity contribution in [1.82, 2.24) is 0 Å². The Hall–Kier alpha value is -0.120. The Morgan fingerprint density at radius 2 is 1.93 bits per heavy atom. The molecule has 1 fully saturated rings. The minimum atomic E-state index is -0.466. The molecule has 0 amide bonds. The van der Waals surface area contributed by atoms with Crippen LogP contribution >= 0.6 is 0 Å². The van der Waals surface area contributed by atoms with E-state index in [0.29, 0.717) is 13.2 Å².